The minimum absolute atomic E-state index is 0.0750. The van der Waals surface area contributed by atoms with Crippen molar-refractivity contribution in [2.24, 2.45) is 0 Å². The van der Waals surface area contributed by atoms with Gasteiger partial charge >= 0.3 is 0 Å². The van der Waals surface area contributed by atoms with Crippen molar-refractivity contribution >= 4 is 17.5 Å². The van der Waals surface area contributed by atoms with Crippen molar-refractivity contribution in [1.82, 2.24) is 9.80 Å². The molecule has 0 N–H and O–H groups in total. The summed E-state index contributed by atoms with van der Waals surface area (Å²) in [6.45, 7) is 1.83. The maximum absolute atomic E-state index is 11.4. The number of rotatable bonds is 3. The van der Waals surface area contributed by atoms with E-state index in [1.807, 2.05) is 19.0 Å². The molecule has 4 heteroatoms. The fraction of sp³-hybridized carbons (Fsp3) is 0.889. The molecule has 1 amide bonds. The van der Waals surface area contributed by atoms with Crippen molar-refractivity contribution in [1.29, 1.82) is 0 Å². The second-order valence-electron chi connectivity index (χ2n) is 3.78. The SMILES string of the molecule is CN(C)CC1CCCN1C(=O)CCl. The summed E-state index contributed by atoms with van der Waals surface area (Å²) in [5.41, 5.74) is 0. The molecule has 0 spiro atoms. The van der Waals surface area contributed by atoms with Gasteiger partial charge in [0, 0.05) is 19.1 Å². The van der Waals surface area contributed by atoms with E-state index in [0.29, 0.717) is 6.04 Å². The molecule has 1 aliphatic rings. The molecule has 1 heterocycles. The lowest BCUT2D eigenvalue weighted by Crippen LogP contribution is -2.41. The highest BCUT2D eigenvalue weighted by Gasteiger charge is 2.27. The highest BCUT2D eigenvalue weighted by molar-refractivity contribution is 6.27. The summed E-state index contributed by atoms with van der Waals surface area (Å²) in [5, 5.41) is 0. The van der Waals surface area contributed by atoms with Gasteiger partial charge in [-0.1, -0.05) is 0 Å². The fourth-order valence-corrected chi connectivity index (χ4v) is 2.01. The highest BCUT2D eigenvalue weighted by atomic mass is 35.5. The molecule has 0 aromatic rings. The topological polar surface area (TPSA) is 23.6 Å². The minimum atomic E-state index is 0.0750. The van der Waals surface area contributed by atoms with E-state index in [-0.39, 0.29) is 11.8 Å². The molecule has 1 saturated heterocycles. The van der Waals surface area contributed by atoms with Crippen LogP contribution in [0.3, 0.4) is 0 Å². The molecule has 76 valence electrons. The minimum Gasteiger partial charge on any atom is -0.337 e. The van der Waals surface area contributed by atoms with Crippen LogP contribution in [0.1, 0.15) is 12.8 Å². The summed E-state index contributed by atoms with van der Waals surface area (Å²) in [6.07, 6.45) is 2.22. The van der Waals surface area contributed by atoms with Gasteiger partial charge < -0.3 is 9.80 Å². The van der Waals surface area contributed by atoms with Gasteiger partial charge in [-0.05, 0) is 26.9 Å². The van der Waals surface area contributed by atoms with E-state index in [0.717, 1.165) is 25.9 Å². The first-order valence-corrected chi connectivity index (χ1v) is 5.18. The number of hydrogen-bond donors (Lipinski definition) is 0. The zero-order valence-corrected chi connectivity index (χ0v) is 9.05. The third kappa shape index (κ3) is 2.85. The van der Waals surface area contributed by atoms with Crippen molar-refractivity contribution in [2.75, 3.05) is 33.1 Å². The Bertz CT molecular complexity index is 184. The third-order valence-electron chi connectivity index (χ3n) is 2.39. The van der Waals surface area contributed by atoms with Gasteiger partial charge in [0.2, 0.25) is 5.91 Å². The van der Waals surface area contributed by atoms with E-state index in [2.05, 4.69) is 4.90 Å². The normalized spacial score (nSPS) is 22.8. The molecule has 1 atom stereocenters. The quantitative estimate of drug-likeness (QED) is 0.635. The van der Waals surface area contributed by atoms with Gasteiger partial charge in [0.1, 0.15) is 5.88 Å². The molecule has 0 aromatic heterocycles. The van der Waals surface area contributed by atoms with Crippen molar-refractivity contribution in [3.8, 4) is 0 Å². The number of carbonyl (C=O) groups excluding carboxylic acids is 1. The summed E-state index contributed by atoms with van der Waals surface area (Å²) in [5.74, 6) is 0.190. The number of nitrogens with zero attached hydrogens (tertiary/aromatic N) is 2. The number of likely N-dealkylation sites (tertiary alicyclic amines) is 1. The van der Waals surface area contributed by atoms with Gasteiger partial charge in [-0.25, -0.2) is 0 Å². The molecule has 1 fully saturated rings. The Kier molecular flexibility index (Phi) is 4.00. The molecule has 0 radical (unpaired) electrons. The molecule has 0 bridgehead atoms. The molecule has 1 rings (SSSR count). The van der Waals surface area contributed by atoms with Crippen molar-refractivity contribution in [2.45, 2.75) is 18.9 Å². The van der Waals surface area contributed by atoms with E-state index >= 15 is 0 Å². The molecular formula is C9H17ClN2O. The van der Waals surface area contributed by atoms with Crippen LogP contribution in [-0.2, 0) is 4.79 Å². The van der Waals surface area contributed by atoms with Crippen LogP contribution in [0.4, 0.5) is 0 Å². The zero-order chi connectivity index (χ0) is 9.84. The van der Waals surface area contributed by atoms with Crippen LogP contribution < -0.4 is 0 Å². The highest BCUT2D eigenvalue weighted by Crippen LogP contribution is 2.17. The second kappa shape index (κ2) is 4.82. The van der Waals surface area contributed by atoms with Gasteiger partial charge in [0.25, 0.3) is 0 Å². The Labute approximate surface area is 84.6 Å². The molecule has 13 heavy (non-hydrogen) atoms. The van der Waals surface area contributed by atoms with Crippen LogP contribution in [0.15, 0.2) is 0 Å². The van der Waals surface area contributed by atoms with Crippen LogP contribution in [0.5, 0.6) is 0 Å². The largest absolute Gasteiger partial charge is 0.337 e. The van der Waals surface area contributed by atoms with Crippen LogP contribution in [0.2, 0.25) is 0 Å². The van der Waals surface area contributed by atoms with E-state index in [1.165, 1.54) is 0 Å². The van der Waals surface area contributed by atoms with Crippen molar-refractivity contribution < 1.29 is 4.79 Å². The lowest BCUT2D eigenvalue weighted by Gasteiger charge is -2.26. The second-order valence-corrected chi connectivity index (χ2v) is 4.05. The number of amides is 1. The molecule has 3 nitrogen and oxygen atoms in total. The van der Waals surface area contributed by atoms with Gasteiger partial charge in [0.15, 0.2) is 0 Å². The molecular weight excluding hydrogens is 188 g/mol. The number of carbonyl (C=O) groups is 1. The number of halogens is 1. The third-order valence-corrected chi connectivity index (χ3v) is 2.62. The Morgan fingerprint density at radius 1 is 1.62 bits per heavy atom. The summed E-state index contributed by atoms with van der Waals surface area (Å²) >= 11 is 5.53. The number of likely N-dealkylation sites (N-methyl/N-ethyl adjacent to an activating group) is 1. The van der Waals surface area contributed by atoms with E-state index in [1.54, 1.807) is 0 Å². The molecule has 1 unspecified atom stereocenters. The average molecular weight is 205 g/mol. The Morgan fingerprint density at radius 3 is 2.85 bits per heavy atom. The van der Waals surface area contributed by atoms with E-state index in [9.17, 15) is 4.79 Å². The summed E-state index contributed by atoms with van der Waals surface area (Å²) in [7, 11) is 4.06. The Morgan fingerprint density at radius 2 is 2.31 bits per heavy atom. The van der Waals surface area contributed by atoms with Crippen LogP contribution in [0.25, 0.3) is 0 Å². The summed E-state index contributed by atoms with van der Waals surface area (Å²) in [6, 6.07) is 0.376. The first-order valence-electron chi connectivity index (χ1n) is 4.65. The smallest absolute Gasteiger partial charge is 0.237 e. The van der Waals surface area contributed by atoms with E-state index in [4.69, 9.17) is 11.6 Å². The molecule has 0 saturated carbocycles. The van der Waals surface area contributed by atoms with Crippen LogP contribution in [0, 0.1) is 0 Å². The first kappa shape index (κ1) is 10.8. The predicted octanol–water partition coefficient (Wildman–Crippen LogP) is 0.778. The van der Waals surface area contributed by atoms with Crippen LogP contribution >= 0.6 is 11.6 Å². The average Bonchev–Trinajstić information content (AvgIpc) is 2.50. The van der Waals surface area contributed by atoms with Crippen molar-refractivity contribution in [3.05, 3.63) is 0 Å². The Hall–Kier alpha value is -0.280. The lowest BCUT2D eigenvalue weighted by atomic mass is 10.2. The standard InChI is InChI=1S/C9H17ClN2O/c1-11(2)7-8-4-3-5-12(8)9(13)6-10/h8H,3-7H2,1-2H3. The van der Waals surface area contributed by atoms with E-state index < -0.39 is 0 Å². The van der Waals surface area contributed by atoms with Gasteiger partial charge in [-0.3, -0.25) is 4.79 Å². The fourth-order valence-electron chi connectivity index (χ4n) is 1.85. The summed E-state index contributed by atoms with van der Waals surface area (Å²) in [4.78, 5) is 15.4. The monoisotopic (exact) mass is 204 g/mol. The number of hydrogen-bond acceptors (Lipinski definition) is 2. The van der Waals surface area contributed by atoms with Crippen LogP contribution in [-0.4, -0.2) is 54.8 Å². The molecule has 1 aliphatic heterocycles. The lowest BCUT2D eigenvalue weighted by molar-refractivity contribution is -0.129. The van der Waals surface area contributed by atoms with Crippen molar-refractivity contribution in [3.63, 3.8) is 0 Å². The first-order chi connectivity index (χ1) is 6.15. The molecule has 0 aromatic carbocycles. The van der Waals surface area contributed by atoms with Gasteiger partial charge in [0.05, 0.1) is 0 Å². The maximum Gasteiger partial charge on any atom is 0.237 e. The Balaban J connectivity index is 2.48. The van der Waals surface area contributed by atoms with Gasteiger partial charge in [-0.2, -0.15) is 0 Å². The van der Waals surface area contributed by atoms with Gasteiger partial charge in [-0.15, -0.1) is 11.6 Å². The zero-order valence-electron chi connectivity index (χ0n) is 8.29. The maximum atomic E-state index is 11.4. The summed E-state index contributed by atoms with van der Waals surface area (Å²) < 4.78 is 0. The molecule has 0 aliphatic carbocycles. The predicted molar refractivity (Wildman–Crippen MR) is 54.0 cm³/mol. The number of alkyl halides is 1.